The highest BCUT2D eigenvalue weighted by molar-refractivity contribution is 7.18. The Morgan fingerprint density at radius 1 is 1.33 bits per heavy atom. The van der Waals surface area contributed by atoms with E-state index in [9.17, 15) is 9.59 Å². The summed E-state index contributed by atoms with van der Waals surface area (Å²) in [4.78, 5) is 28.4. The number of hydrogen-bond donors (Lipinski definition) is 2. The van der Waals surface area contributed by atoms with E-state index in [2.05, 4.69) is 15.6 Å². The van der Waals surface area contributed by atoms with Gasteiger partial charge in [0.1, 0.15) is 5.15 Å². The van der Waals surface area contributed by atoms with Gasteiger partial charge in [0.05, 0.1) is 32.0 Å². The van der Waals surface area contributed by atoms with E-state index < -0.39 is 0 Å². The SMILES string of the molecule is CNC(=O)c1cnc(Cl)cc1Nc1csc2c(Cl)cn(C)c(=O)c12. The zero-order chi connectivity index (χ0) is 17.4. The van der Waals surface area contributed by atoms with Gasteiger partial charge in [-0.15, -0.1) is 11.3 Å². The number of nitrogens with one attached hydrogen (secondary N) is 2. The summed E-state index contributed by atoms with van der Waals surface area (Å²) in [6.07, 6.45) is 2.95. The van der Waals surface area contributed by atoms with Gasteiger partial charge in [0.15, 0.2) is 0 Å². The van der Waals surface area contributed by atoms with Crippen LogP contribution < -0.4 is 16.2 Å². The van der Waals surface area contributed by atoms with Gasteiger partial charge in [-0.2, -0.15) is 0 Å². The van der Waals surface area contributed by atoms with E-state index in [1.54, 1.807) is 18.6 Å². The maximum Gasteiger partial charge on any atom is 0.261 e. The zero-order valence-electron chi connectivity index (χ0n) is 12.7. The van der Waals surface area contributed by atoms with Crippen LogP contribution in [0.4, 0.5) is 11.4 Å². The van der Waals surface area contributed by atoms with Crippen LogP contribution in [0.25, 0.3) is 10.1 Å². The predicted molar refractivity (Wildman–Crippen MR) is 98.0 cm³/mol. The van der Waals surface area contributed by atoms with Gasteiger partial charge in [-0.05, 0) is 6.07 Å². The fraction of sp³-hybridized carbons (Fsp3) is 0.133. The van der Waals surface area contributed by atoms with Crippen molar-refractivity contribution >= 4 is 61.9 Å². The molecule has 0 aromatic carbocycles. The summed E-state index contributed by atoms with van der Waals surface area (Å²) in [5.74, 6) is -0.313. The average molecular weight is 383 g/mol. The van der Waals surface area contributed by atoms with Crippen molar-refractivity contribution in [2.24, 2.45) is 7.05 Å². The number of aromatic nitrogens is 2. The molecule has 1 amide bonds. The number of thiophene rings is 1. The third kappa shape index (κ3) is 2.86. The minimum atomic E-state index is -0.313. The number of fused-ring (bicyclic) bond motifs is 1. The molecule has 0 unspecified atom stereocenters. The van der Waals surface area contributed by atoms with Crippen molar-refractivity contribution in [1.82, 2.24) is 14.9 Å². The largest absolute Gasteiger partial charge is 0.355 e. The van der Waals surface area contributed by atoms with E-state index in [1.807, 2.05) is 0 Å². The molecule has 0 atom stereocenters. The van der Waals surface area contributed by atoms with Gasteiger partial charge < -0.3 is 15.2 Å². The summed E-state index contributed by atoms with van der Waals surface area (Å²) in [7, 11) is 3.16. The number of aryl methyl sites for hydroxylation is 1. The average Bonchev–Trinajstić information content (AvgIpc) is 2.96. The van der Waals surface area contributed by atoms with Crippen LogP contribution in [0, 0.1) is 0 Å². The minimum Gasteiger partial charge on any atom is -0.355 e. The third-order valence-electron chi connectivity index (χ3n) is 3.46. The highest BCUT2D eigenvalue weighted by Gasteiger charge is 2.16. The number of halogens is 2. The number of anilines is 2. The van der Waals surface area contributed by atoms with Crippen molar-refractivity contribution in [2.75, 3.05) is 12.4 Å². The van der Waals surface area contributed by atoms with Gasteiger partial charge in [-0.3, -0.25) is 9.59 Å². The smallest absolute Gasteiger partial charge is 0.261 e. The number of hydrogen-bond acceptors (Lipinski definition) is 5. The number of carbonyl (C=O) groups is 1. The minimum absolute atomic E-state index is 0.181. The Balaban J connectivity index is 2.17. The molecule has 9 heteroatoms. The Hall–Kier alpha value is -2.09. The molecule has 0 saturated carbocycles. The fourth-order valence-corrected chi connectivity index (χ4v) is 3.72. The number of carbonyl (C=O) groups excluding carboxylic acids is 1. The van der Waals surface area contributed by atoms with Crippen molar-refractivity contribution in [2.45, 2.75) is 0 Å². The van der Waals surface area contributed by atoms with Crippen molar-refractivity contribution in [3.8, 4) is 0 Å². The Labute approximate surface area is 151 Å². The second-order valence-corrected chi connectivity index (χ2v) is 6.68. The van der Waals surface area contributed by atoms with Crippen LogP contribution in [0.3, 0.4) is 0 Å². The molecule has 0 radical (unpaired) electrons. The predicted octanol–water partition coefficient (Wildman–Crippen LogP) is 3.41. The van der Waals surface area contributed by atoms with Crippen LogP contribution in [0.2, 0.25) is 10.2 Å². The van der Waals surface area contributed by atoms with Gasteiger partial charge in [-0.1, -0.05) is 23.2 Å². The maximum atomic E-state index is 12.4. The number of amides is 1. The number of pyridine rings is 2. The quantitative estimate of drug-likeness (QED) is 0.680. The molecule has 0 fully saturated rings. The van der Waals surface area contributed by atoms with E-state index in [-0.39, 0.29) is 16.6 Å². The lowest BCUT2D eigenvalue weighted by atomic mass is 10.2. The Bertz CT molecular complexity index is 1010. The molecule has 24 heavy (non-hydrogen) atoms. The van der Waals surface area contributed by atoms with Crippen molar-refractivity contribution < 1.29 is 4.79 Å². The summed E-state index contributed by atoms with van der Waals surface area (Å²) in [6.45, 7) is 0. The molecular weight excluding hydrogens is 371 g/mol. The fourth-order valence-electron chi connectivity index (χ4n) is 2.30. The first-order valence-corrected chi connectivity index (χ1v) is 8.47. The third-order valence-corrected chi connectivity index (χ3v) is 5.08. The summed E-state index contributed by atoms with van der Waals surface area (Å²) < 4.78 is 2.10. The Morgan fingerprint density at radius 2 is 2.08 bits per heavy atom. The van der Waals surface area contributed by atoms with E-state index >= 15 is 0 Å². The van der Waals surface area contributed by atoms with Gasteiger partial charge in [0, 0.05) is 31.9 Å². The molecule has 0 aliphatic rings. The lowest BCUT2D eigenvalue weighted by Gasteiger charge is -2.11. The highest BCUT2D eigenvalue weighted by Crippen LogP contribution is 2.35. The molecule has 0 saturated heterocycles. The van der Waals surface area contributed by atoms with E-state index in [0.717, 1.165) is 0 Å². The molecule has 2 N–H and O–H groups in total. The number of rotatable bonds is 3. The highest BCUT2D eigenvalue weighted by atomic mass is 35.5. The topological polar surface area (TPSA) is 76.0 Å². The molecule has 124 valence electrons. The summed E-state index contributed by atoms with van der Waals surface area (Å²) in [6, 6.07) is 1.53. The molecule has 0 aliphatic carbocycles. The maximum absolute atomic E-state index is 12.4. The van der Waals surface area contributed by atoms with E-state index in [0.29, 0.717) is 32.0 Å². The molecule has 3 rings (SSSR count). The van der Waals surface area contributed by atoms with Gasteiger partial charge in [-0.25, -0.2) is 4.98 Å². The second-order valence-electron chi connectivity index (χ2n) is 5.00. The molecule has 0 bridgehead atoms. The summed E-state index contributed by atoms with van der Waals surface area (Å²) >= 11 is 13.5. The van der Waals surface area contributed by atoms with Crippen molar-refractivity contribution in [1.29, 1.82) is 0 Å². The second kappa shape index (κ2) is 6.43. The lowest BCUT2D eigenvalue weighted by molar-refractivity contribution is 0.0963. The van der Waals surface area contributed by atoms with E-state index in [1.165, 1.54) is 35.2 Å². The molecule has 3 aromatic heterocycles. The van der Waals surface area contributed by atoms with Gasteiger partial charge in [0.25, 0.3) is 11.5 Å². The molecule has 0 spiro atoms. The van der Waals surface area contributed by atoms with Crippen LogP contribution in [-0.2, 0) is 7.05 Å². The van der Waals surface area contributed by atoms with Crippen LogP contribution in [0.5, 0.6) is 0 Å². The molecule has 3 heterocycles. The monoisotopic (exact) mass is 382 g/mol. The molecular formula is C15H12Cl2N4O2S. The summed E-state index contributed by atoms with van der Waals surface area (Å²) in [5.41, 5.74) is 1.15. The van der Waals surface area contributed by atoms with Crippen molar-refractivity contribution in [3.63, 3.8) is 0 Å². The lowest BCUT2D eigenvalue weighted by Crippen LogP contribution is -2.20. The molecule has 3 aromatic rings. The summed E-state index contributed by atoms with van der Waals surface area (Å²) in [5, 5.41) is 8.60. The van der Waals surface area contributed by atoms with E-state index in [4.69, 9.17) is 23.2 Å². The first-order chi connectivity index (χ1) is 11.4. The molecule has 6 nitrogen and oxygen atoms in total. The van der Waals surface area contributed by atoms with Crippen LogP contribution >= 0.6 is 34.5 Å². The van der Waals surface area contributed by atoms with Crippen LogP contribution in [-0.4, -0.2) is 22.5 Å². The molecule has 0 aliphatic heterocycles. The van der Waals surface area contributed by atoms with Gasteiger partial charge in [0.2, 0.25) is 0 Å². The van der Waals surface area contributed by atoms with Crippen LogP contribution in [0.1, 0.15) is 10.4 Å². The van der Waals surface area contributed by atoms with Crippen molar-refractivity contribution in [3.05, 3.63) is 49.9 Å². The first-order valence-electron chi connectivity index (χ1n) is 6.83. The number of nitrogens with zero attached hydrogens (tertiary/aromatic N) is 2. The Morgan fingerprint density at radius 3 is 2.79 bits per heavy atom. The first kappa shape index (κ1) is 16.8. The normalized spacial score (nSPS) is 10.8. The van der Waals surface area contributed by atoms with Crippen LogP contribution in [0.15, 0.2) is 28.6 Å². The zero-order valence-corrected chi connectivity index (χ0v) is 15.0. The standard InChI is InChI=1S/C15H12Cl2N4O2S/c1-18-14(22)7-4-19-11(17)3-9(7)20-10-6-24-13-8(16)5-21(2)15(23)12(10)13/h3-6H,1-2H3,(H,18,22)(H,19,20). The van der Waals surface area contributed by atoms with Gasteiger partial charge >= 0.3 is 0 Å². The Kier molecular flexibility index (Phi) is 4.49.